The van der Waals surface area contributed by atoms with Crippen LogP contribution in [0.3, 0.4) is 0 Å². The molecule has 0 spiro atoms. The molecule has 5 rings (SSSR count). The van der Waals surface area contributed by atoms with E-state index in [4.69, 9.17) is 9.72 Å². The van der Waals surface area contributed by atoms with Gasteiger partial charge in [-0.1, -0.05) is 52.3 Å². The van der Waals surface area contributed by atoms with Crippen LogP contribution in [0.15, 0.2) is 88.5 Å². The largest absolute Gasteiger partial charge is 0.495 e. The van der Waals surface area contributed by atoms with Crippen molar-refractivity contribution < 1.29 is 9.53 Å². The highest BCUT2D eigenvalue weighted by atomic mass is 79.9. The Morgan fingerprint density at radius 2 is 1.78 bits per heavy atom. The van der Waals surface area contributed by atoms with Gasteiger partial charge in [0.15, 0.2) is 0 Å². The number of aromatic nitrogens is 2. The van der Waals surface area contributed by atoms with Crippen molar-refractivity contribution in [2.45, 2.75) is 13.0 Å². The molecule has 6 nitrogen and oxygen atoms in total. The van der Waals surface area contributed by atoms with Crippen LogP contribution in [0.5, 0.6) is 5.75 Å². The van der Waals surface area contributed by atoms with Crippen molar-refractivity contribution in [2.75, 3.05) is 17.7 Å². The van der Waals surface area contributed by atoms with E-state index in [1.54, 1.807) is 7.11 Å². The van der Waals surface area contributed by atoms with E-state index in [2.05, 4.69) is 31.1 Å². The van der Waals surface area contributed by atoms with Crippen molar-refractivity contribution in [3.05, 3.63) is 94.1 Å². The van der Waals surface area contributed by atoms with Crippen molar-refractivity contribution in [1.82, 2.24) is 9.55 Å². The number of carbonyl (C=O) groups is 1. The fraction of sp³-hybridized carbons (Fsp3) is 0.120. The Morgan fingerprint density at radius 1 is 1.06 bits per heavy atom. The Morgan fingerprint density at radius 3 is 2.56 bits per heavy atom. The maximum Gasteiger partial charge on any atom is 0.255 e. The van der Waals surface area contributed by atoms with Crippen LogP contribution in [-0.4, -0.2) is 22.6 Å². The molecule has 32 heavy (non-hydrogen) atoms. The second-order valence-electron chi connectivity index (χ2n) is 7.57. The van der Waals surface area contributed by atoms with Crippen molar-refractivity contribution in [3.63, 3.8) is 0 Å². The number of imidazole rings is 1. The zero-order valence-electron chi connectivity index (χ0n) is 17.6. The molecule has 1 aliphatic heterocycles. The smallest absolute Gasteiger partial charge is 0.255 e. The van der Waals surface area contributed by atoms with Crippen LogP contribution in [0.1, 0.15) is 18.5 Å². The SMILES string of the molecule is COc1ccccc1NC(=O)C1=C(C)Nc2nc3ccccc3n2[C@@H]1c1ccc(Br)cc1. The van der Waals surface area contributed by atoms with Crippen molar-refractivity contribution in [2.24, 2.45) is 0 Å². The van der Waals surface area contributed by atoms with E-state index >= 15 is 0 Å². The number of para-hydroxylation sites is 4. The summed E-state index contributed by atoms with van der Waals surface area (Å²) in [5.74, 6) is 1.12. The molecule has 1 amide bonds. The van der Waals surface area contributed by atoms with Crippen molar-refractivity contribution in [1.29, 1.82) is 0 Å². The lowest BCUT2D eigenvalue weighted by Crippen LogP contribution is -2.31. The highest BCUT2D eigenvalue weighted by molar-refractivity contribution is 9.10. The molecule has 0 radical (unpaired) electrons. The molecule has 1 aliphatic rings. The third-order valence-electron chi connectivity index (χ3n) is 5.62. The fourth-order valence-electron chi connectivity index (χ4n) is 4.16. The van der Waals surface area contributed by atoms with Crippen LogP contribution in [0, 0.1) is 0 Å². The first-order chi connectivity index (χ1) is 15.6. The summed E-state index contributed by atoms with van der Waals surface area (Å²) in [7, 11) is 1.59. The van der Waals surface area contributed by atoms with Gasteiger partial charge in [-0.15, -0.1) is 0 Å². The Balaban J connectivity index is 1.66. The molecule has 7 heteroatoms. The number of benzene rings is 3. The van der Waals surface area contributed by atoms with Gasteiger partial charge < -0.3 is 15.4 Å². The standard InChI is InChI=1S/C25H21BrN4O2/c1-15-22(24(31)28-19-8-4-6-10-21(19)32-2)23(16-11-13-17(26)14-12-16)30-20-9-5-3-7-18(20)29-25(30)27-15/h3-14,23H,1-2H3,(H,27,29)(H,28,31)/t23-/m1/s1. The monoisotopic (exact) mass is 488 g/mol. The number of hydrogen-bond donors (Lipinski definition) is 2. The number of nitrogens with one attached hydrogen (secondary N) is 2. The molecule has 160 valence electrons. The molecular weight excluding hydrogens is 468 g/mol. The van der Waals surface area contributed by atoms with Gasteiger partial charge in [0.25, 0.3) is 5.91 Å². The lowest BCUT2D eigenvalue weighted by Gasteiger charge is -2.31. The molecule has 4 aromatic rings. The minimum atomic E-state index is -0.346. The minimum absolute atomic E-state index is 0.198. The van der Waals surface area contributed by atoms with Crippen LogP contribution in [0.25, 0.3) is 11.0 Å². The van der Waals surface area contributed by atoms with Crippen LogP contribution in [-0.2, 0) is 4.79 Å². The normalized spacial score (nSPS) is 15.3. The average Bonchev–Trinajstić information content (AvgIpc) is 3.17. The maximum atomic E-state index is 13.7. The summed E-state index contributed by atoms with van der Waals surface area (Å²) in [6.07, 6.45) is 0. The molecule has 0 saturated heterocycles. The van der Waals surface area contributed by atoms with Gasteiger partial charge in [0.05, 0.1) is 35.4 Å². The van der Waals surface area contributed by atoms with Gasteiger partial charge in [-0.05, 0) is 48.9 Å². The number of methoxy groups -OCH3 is 1. The molecule has 0 unspecified atom stereocenters. The quantitative estimate of drug-likeness (QED) is 0.384. The Kier molecular flexibility index (Phi) is 5.19. The number of allylic oxidation sites excluding steroid dienone is 1. The number of ether oxygens (including phenoxy) is 1. The first-order valence-electron chi connectivity index (χ1n) is 10.2. The topological polar surface area (TPSA) is 68.2 Å². The summed E-state index contributed by atoms with van der Waals surface area (Å²) < 4.78 is 8.48. The molecule has 0 fully saturated rings. The van der Waals surface area contributed by atoms with Gasteiger partial charge in [-0.3, -0.25) is 9.36 Å². The van der Waals surface area contributed by atoms with E-state index in [9.17, 15) is 4.79 Å². The first-order valence-corrected chi connectivity index (χ1v) is 11.0. The predicted octanol–water partition coefficient (Wildman–Crippen LogP) is 5.74. The lowest BCUT2D eigenvalue weighted by atomic mass is 9.94. The molecule has 2 N–H and O–H groups in total. The third kappa shape index (κ3) is 3.44. The number of hydrogen-bond acceptors (Lipinski definition) is 4. The number of rotatable bonds is 4. The fourth-order valence-corrected chi connectivity index (χ4v) is 4.42. The molecule has 0 bridgehead atoms. The van der Waals surface area contributed by atoms with Crippen molar-refractivity contribution in [3.8, 4) is 5.75 Å². The Labute approximate surface area is 194 Å². The van der Waals surface area contributed by atoms with Crippen LogP contribution >= 0.6 is 15.9 Å². The molecule has 2 heterocycles. The number of anilines is 2. The number of nitrogens with zero attached hydrogens (tertiary/aromatic N) is 2. The second-order valence-corrected chi connectivity index (χ2v) is 8.48. The minimum Gasteiger partial charge on any atom is -0.495 e. The van der Waals surface area contributed by atoms with E-state index < -0.39 is 0 Å². The molecular formula is C25H21BrN4O2. The summed E-state index contributed by atoms with van der Waals surface area (Å²) in [6, 6.07) is 23.0. The van der Waals surface area contributed by atoms with E-state index in [0.717, 1.165) is 26.8 Å². The average molecular weight is 489 g/mol. The predicted molar refractivity (Wildman–Crippen MR) is 130 cm³/mol. The number of halogens is 1. The Hall–Kier alpha value is -3.58. The Bertz CT molecular complexity index is 1360. The third-order valence-corrected chi connectivity index (χ3v) is 6.14. The molecule has 1 atom stereocenters. The van der Waals surface area contributed by atoms with Gasteiger partial charge in [0.2, 0.25) is 5.95 Å². The van der Waals surface area contributed by atoms with E-state index in [1.165, 1.54) is 0 Å². The highest BCUT2D eigenvalue weighted by Gasteiger charge is 2.34. The number of amides is 1. The van der Waals surface area contributed by atoms with Crippen LogP contribution in [0.4, 0.5) is 11.6 Å². The van der Waals surface area contributed by atoms with Crippen molar-refractivity contribution >= 4 is 44.5 Å². The van der Waals surface area contributed by atoms with E-state index in [-0.39, 0.29) is 11.9 Å². The summed E-state index contributed by atoms with van der Waals surface area (Å²) in [5, 5.41) is 6.37. The number of fused-ring (bicyclic) bond motifs is 3. The maximum absolute atomic E-state index is 13.7. The zero-order valence-corrected chi connectivity index (χ0v) is 19.2. The van der Waals surface area contributed by atoms with Gasteiger partial charge in [-0.25, -0.2) is 4.98 Å². The summed E-state index contributed by atoms with van der Waals surface area (Å²) >= 11 is 3.51. The molecule has 0 saturated carbocycles. The summed E-state index contributed by atoms with van der Waals surface area (Å²) in [5.41, 5.74) is 4.82. The van der Waals surface area contributed by atoms with Crippen LogP contribution in [0.2, 0.25) is 0 Å². The van der Waals surface area contributed by atoms with Gasteiger partial charge in [0, 0.05) is 10.2 Å². The highest BCUT2D eigenvalue weighted by Crippen LogP contribution is 2.40. The first kappa shape index (κ1) is 20.3. The van der Waals surface area contributed by atoms with Gasteiger partial charge in [0.1, 0.15) is 5.75 Å². The zero-order chi connectivity index (χ0) is 22.2. The summed E-state index contributed by atoms with van der Waals surface area (Å²) in [4.78, 5) is 18.4. The second kappa shape index (κ2) is 8.16. The lowest BCUT2D eigenvalue weighted by molar-refractivity contribution is -0.113. The van der Waals surface area contributed by atoms with Gasteiger partial charge >= 0.3 is 0 Å². The molecule has 1 aromatic heterocycles. The van der Waals surface area contributed by atoms with Crippen LogP contribution < -0.4 is 15.4 Å². The molecule has 3 aromatic carbocycles. The van der Waals surface area contributed by atoms with E-state index in [0.29, 0.717) is 23.0 Å². The summed E-state index contributed by atoms with van der Waals surface area (Å²) in [6.45, 7) is 1.91. The van der Waals surface area contributed by atoms with Gasteiger partial charge in [-0.2, -0.15) is 0 Å². The molecule has 0 aliphatic carbocycles. The van der Waals surface area contributed by atoms with E-state index in [1.807, 2.05) is 79.7 Å². The number of carbonyl (C=O) groups excluding carboxylic acids is 1.